The highest BCUT2D eigenvalue weighted by molar-refractivity contribution is 6.01. The molecular weight excluding hydrogens is 364 g/mol. The molecule has 0 aromatic rings. The number of hydrogen-bond acceptors (Lipinski definition) is 4. The van der Waals surface area contributed by atoms with E-state index in [0.29, 0.717) is 30.6 Å². The second-order valence-electron chi connectivity index (χ2n) is 10.6. The largest absolute Gasteiger partial charge is 0.365 e. The first-order chi connectivity index (χ1) is 13.5. The van der Waals surface area contributed by atoms with Crippen LogP contribution in [0.4, 0.5) is 0 Å². The van der Waals surface area contributed by atoms with Gasteiger partial charge >= 0.3 is 0 Å². The Morgan fingerprint density at radius 3 is 2.52 bits per heavy atom. The molecule has 0 aromatic carbocycles. The molecule has 0 spiro atoms. The van der Waals surface area contributed by atoms with E-state index in [0.717, 1.165) is 32.1 Å². The number of ketones is 2. The fourth-order valence-electron chi connectivity index (χ4n) is 8.32. The van der Waals surface area contributed by atoms with E-state index in [-0.39, 0.29) is 23.4 Å². The van der Waals surface area contributed by atoms with Crippen molar-refractivity contribution >= 4 is 11.6 Å². The standard InChI is InChI=1S/C25H36O4/c1-5-11-25(28,29)24(16(2)26)14-10-21-19-7-6-17-15-18(27)8-12-22(17,3)20(19)9-13-23(21,24)4/h8,12,15,19-21,28-29H,5-7,9-11,13-14H2,1-4H3/t19-,20+,21+,22+,23+,24+/m1/s1. The summed E-state index contributed by atoms with van der Waals surface area (Å²) in [5.41, 5.74) is -0.306. The van der Waals surface area contributed by atoms with Crippen LogP contribution in [0.5, 0.6) is 0 Å². The SMILES string of the molecule is CCCC(O)(O)[C@]1(C(C)=O)CC[C@H]2[C@@H]3CCC4=CC(=O)C=C[C@]4(C)[C@H]3CC[C@@]21C. The topological polar surface area (TPSA) is 74.6 Å². The first-order valence-corrected chi connectivity index (χ1v) is 11.4. The maximum atomic E-state index is 13.1. The van der Waals surface area contributed by atoms with Crippen molar-refractivity contribution in [3.05, 3.63) is 23.8 Å². The third-order valence-corrected chi connectivity index (χ3v) is 9.63. The lowest BCUT2D eigenvalue weighted by Crippen LogP contribution is -2.62. The Hall–Kier alpha value is -1.26. The van der Waals surface area contributed by atoms with Gasteiger partial charge in [-0.3, -0.25) is 9.59 Å². The van der Waals surface area contributed by atoms with Crippen molar-refractivity contribution < 1.29 is 19.8 Å². The summed E-state index contributed by atoms with van der Waals surface area (Å²) in [6.45, 7) is 7.93. The molecule has 0 radical (unpaired) electrons. The summed E-state index contributed by atoms with van der Waals surface area (Å²) in [4.78, 5) is 25.0. The van der Waals surface area contributed by atoms with Gasteiger partial charge in [0.05, 0.1) is 5.41 Å². The molecule has 0 bridgehead atoms. The lowest BCUT2D eigenvalue weighted by molar-refractivity contribution is -0.273. The molecular formula is C25H36O4. The maximum absolute atomic E-state index is 13.1. The minimum atomic E-state index is -1.95. The highest BCUT2D eigenvalue weighted by Gasteiger charge is 2.71. The summed E-state index contributed by atoms with van der Waals surface area (Å²) in [6, 6.07) is 0. The Kier molecular flexibility index (Phi) is 4.79. The zero-order valence-corrected chi connectivity index (χ0v) is 18.3. The molecule has 4 nitrogen and oxygen atoms in total. The smallest absolute Gasteiger partial charge is 0.178 e. The molecule has 3 saturated carbocycles. The minimum absolute atomic E-state index is 0.0647. The van der Waals surface area contributed by atoms with Crippen molar-refractivity contribution in [2.75, 3.05) is 0 Å². The van der Waals surface area contributed by atoms with Gasteiger partial charge in [0.1, 0.15) is 5.78 Å². The molecule has 0 aromatic heterocycles. The Morgan fingerprint density at radius 1 is 1.17 bits per heavy atom. The van der Waals surface area contributed by atoms with Crippen molar-refractivity contribution in [1.82, 2.24) is 0 Å². The number of aliphatic hydroxyl groups is 2. The molecule has 2 N–H and O–H groups in total. The van der Waals surface area contributed by atoms with E-state index in [1.54, 1.807) is 13.0 Å². The van der Waals surface area contributed by atoms with Gasteiger partial charge in [0, 0.05) is 11.8 Å². The van der Waals surface area contributed by atoms with Gasteiger partial charge in [-0.1, -0.05) is 38.8 Å². The Labute approximate surface area is 174 Å². The van der Waals surface area contributed by atoms with Crippen LogP contribution < -0.4 is 0 Å². The third-order valence-electron chi connectivity index (χ3n) is 9.63. The van der Waals surface area contributed by atoms with E-state index in [9.17, 15) is 19.8 Å². The number of fused-ring (bicyclic) bond motifs is 5. The second-order valence-corrected chi connectivity index (χ2v) is 10.6. The zero-order chi connectivity index (χ0) is 21.2. The van der Waals surface area contributed by atoms with Crippen LogP contribution >= 0.6 is 0 Å². The third kappa shape index (κ3) is 2.57. The van der Waals surface area contributed by atoms with Gasteiger partial charge in [0.15, 0.2) is 11.6 Å². The average molecular weight is 401 g/mol. The molecule has 4 aliphatic carbocycles. The van der Waals surface area contributed by atoms with Crippen LogP contribution in [-0.4, -0.2) is 27.6 Å². The molecule has 4 heteroatoms. The van der Waals surface area contributed by atoms with E-state index in [1.165, 1.54) is 5.57 Å². The van der Waals surface area contributed by atoms with E-state index in [4.69, 9.17) is 0 Å². The first kappa shape index (κ1) is 21.0. The molecule has 0 amide bonds. The number of rotatable bonds is 4. The molecule has 160 valence electrons. The van der Waals surface area contributed by atoms with Gasteiger partial charge in [-0.05, 0) is 80.8 Å². The summed E-state index contributed by atoms with van der Waals surface area (Å²) in [5.74, 6) is -0.712. The van der Waals surface area contributed by atoms with Crippen LogP contribution in [0.1, 0.15) is 79.1 Å². The highest BCUT2D eigenvalue weighted by atomic mass is 16.5. The number of Topliss-reactive ketones (excluding diaryl/α,β-unsaturated/α-hetero) is 1. The fourth-order valence-corrected chi connectivity index (χ4v) is 8.32. The Morgan fingerprint density at radius 2 is 1.86 bits per heavy atom. The van der Waals surface area contributed by atoms with E-state index >= 15 is 0 Å². The normalized spacial score (nSPS) is 44.0. The second kappa shape index (κ2) is 6.62. The zero-order valence-electron chi connectivity index (χ0n) is 18.3. The Bertz CT molecular complexity index is 793. The molecule has 0 unspecified atom stereocenters. The van der Waals surface area contributed by atoms with E-state index in [2.05, 4.69) is 19.9 Å². The summed E-state index contributed by atoms with van der Waals surface area (Å²) in [7, 11) is 0. The van der Waals surface area contributed by atoms with Crippen molar-refractivity contribution in [1.29, 1.82) is 0 Å². The van der Waals surface area contributed by atoms with E-state index in [1.807, 2.05) is 13.0 Å². The van der Waals surface area contributed by atoms with Crippen molar-refractivity contribution in [2.45, 2.75) is 84.8 Å². The number of carbonyl (C=O) groups excluding carboxylic acids is 2. The number of carbonyl (C=O) groups is 2. The van der Waals surface area contributed by atoms with Crippen LogP contribution in [0.3, 0.4) is 0 Å². The van der Waals surface area contributed by atoms with Crippen LogP contribution in [-0.2, 0) is 9.59 Å². The first-order valence-electron chi connectivity index (χ1n) is 11.4. The summed E-state index contributed by atoms with van der Waals surface area (Å²) in [6.07, 6.45) is 11.7. The lowest BCUT2D eigenvalue weighted by Gasteiger charge is -2.60. The molecule has 3 fully saturated rings. The average Bonchev–Trinajstić information content (AvgIpc) is 2.97. The van der Waals surface area contributed by atoms with Gasteiger partial charge in [-0.15, -0.1) is 0 Å². The van der Waals surface area contributed by atoms with Gasteiger partial charge in [-0.25, -0.2) is 0 Å². The van der Waals surface area contributed by atoms with E-state index < -0.39 is 16.6 Å². The predicted molar refractivity (Wildman–Crippen MR) is 112 cm³/mol. The summed E-state index contributed by atoms with van der Waals surface area (Å²) < 4.78 is 0. The van der Waals surface area contributed by atoms with Gasteiger partial charge in [0.25, 0.3) is 0 Å². The van der Waals surface area contributed by atoms with Gasteiger partial charge in [0.2, 0.25) is 0 Å². The molecule has 29 heavy (non-hydrogen) atoms. The Balaban J connectivity index is 1.74. The van der Waals surface area contributed by atoms with Crippen LogP contribution in [0.2, 0.25) is 0 Å². The number of allylic oxidation sites excluding steroid dienone is 4. The molecule has 6 atom stereocenters. The number of hydrogen-bond donors (Lipinski definition) is 2. The lowest BCUT2D eigenvalue weighted by atomic mass is 9.44. The van der Waals surface area contributed by atoms with Crippen LogP contribution in [0.25, 0.3) is 0 Å². The molecule has 4 aliphatic rings. The van der Waals surface area contributed by atoms with Crippen molar-refractivity contribution in [3.63, 3.8) is 0 Å². The molecule has 0 heterocycles. The van der Waals surface area contributed by atoms with Crippen molar-refractivity contribution in [3.8, 4) is 0 Å². The van der Waals surface area contributed by atoms with Gasteiger partial charge in [-0.2, -0.15) is 0 Å². The van der Waals surface area contributed by atoms with Gasteiger partial charge < -0.3 is 10.2 Å². The molecule has 4 rings (SSSR count). The highest BCUT2D eigenvalue weighted by Crippen LogP contribution is 2.71. The molecule has 0 saturated heterocycles. The van der Waals surface area contributed by atoms with Crippen LogP contribution in [0.15, 0.2) is 23.8 Å². The maximum Gasteiger partial charge on any atom is 0.178 e. The monoisotopic (exact) mass is 400 g/mol. The predicted octanol–water partition coefficient (Wildman–Crippen LogP) is 4.35. The summed E-state index contributed by atoms with van der Waals surface area (Å²) in [5, 5.41) is 22.4. The summed E-state index contributed by atoms with van der Waals surface area (Å²) >= 11 is 0. The van der Waals surface area contributed by atoms with Crippen molar-refractivity contribution in [2.24, 2.45) is 34.0 Å². The quantitative estimate of drug-likeness (QED) is 0.688. The fraction of sp³-hybridized carbons (Fsp3) is 0.760. The molecule has 0 aliphatic heterocycles. The minimum Gasteiger partial charge on any atom is -0.365 e. The van der Waals surface area contributed by atoms with Crippen LogP contribution in [0, 0.1) is 34.0 Å².